The molecule has 0 unspecified atom stereocenters. The lowest BCUT2D eigenvalue weighted by Gasteiger charge is -2.05. The SMILES string of the molecule is CC(=O)c1ccc(NC(=O)/C(C#N)=C\Nc2ncn[nH]2)cc1. The van der Waals surface area contributed by atoms with Crippen LogP contribution in [-0.4, -0.2) is 26.9 Å². The van der Waals surface area contributed by atoms with Gasteiger partial charge >= 0.3 is 0 Å². The van der Waals surface area contributed by atoms with Crippen LogP contribution in [-0.2, 0) is 4.79 Å². The third-order valence-corrected chi connectivity index (χ3v) is 2.68. The van der Waals surface area contributed by atoms with Gasteiger partial charge in [-0.1, -0.05) is 0 Å². The number of carbonyl (C=O) groups excluding carboxylic acids is 2. The van der Waals surface area contributed by atoms with Crippen LogP contribution in [0.4, 0.5) is 11.6 Å². The van der Waals surface area contributed by atoms with E-state index < -0.39 is 5.91 Å². The molecule has 0 atom stereocenters. The summed E-state index contributed by atoms with van der Waals surface area (Å²) in [7, 11) is 0. The fourth-order valence-electron chi connectivity index (χ4n) is 1.55. The summed E-state index contributed by atoms with van der Waals surface area (Å²) in [5.74, 6) is -0.330. The van der Waals surface area contributed by atoms with Crippen molar-refractivity contribution in [2.45, 2.75) is 6.92 Å². The number of nitrogens with one attached hydrogen (secondary N) is 3. The van der Waals surface area contributed by atoms with Crippen molar-refractivity contribution < 1.29 is 9.59 Å². The van der Waals surface area contributed by atoms with E-state index in [1.54, 1.807) is 30.3 Å². The normalized spacial score (nSPS) is 10.6. The van der Waals surface area contributed by atoms with Gasteiger partial charge in [0, 0.05) is 17.5 Å². The van der Waals surface area contributed by atoms with Gasteiger partial charge in [-0.3, -0.25) is 9.59 Å². The van der Waals surface area contributed by atoms with Crippen LogP contribution in [0.25, 0.3) is 0 Å². The first-order valence-electron chi connectivity index (χ1n) is 6.24. The first kappa shape index (κ1) is 14.9. The lowest BCUT2D eigenvalue weighted by atomic mass is 10.1. The van der Waals surface area contributed by atoms with Gasteiger partial charge in [-0.05, 0) is 31.2 Å². The molecule has 1 aromatic carbocycles. The third-order valence-electron chi connectivity index (χ3n) is 2.68. The monoisotopic (exact) mass is 296 g/mol. The van der Waals surface area contributed by atoms with Gasteiger partial charge in [-0.25, -0.2) is 5.10 Å². The third kappa shape index (κ3) is 3.77. The number of rotatable bonds is 5. The van der Waals surface area contributed by atoms with Crippen molar-refractivity contribution in [2.75, 3.05) is 10.6 Å². The summed E-state index contributed by atoms with van der Waals surface area (Å²) in [6.07, 6.45) is 2.51. The van der Waals surface area contributed by atoms with Crippen molar-refractivity contribution in [3.63, 3.8) is 0 Å². The van der Waals surface area contributed by atoms with Crippen LogP contribution >= 0.6 is 0 Å². The van der Waals surface area contributed by atoms with E-state index in [0.717, 1.165) is 0 Å². The van der Waals surface area contributed by atoms with Crippen molar-refractivity contribution >= 4 is 23.3 Å². The predicted molar refractivity (Wildman–Crippen MR) is 78.8 cm³/mol. The Kier molecular flexibility index (Phi) is 4.62. The molecule has 2 rings (SSSR count). The van der Waals surface area contributed by atoms with Crippen molar-refractivity contribution in [2.24, 2.45) is 0 Å². The molecular formula is C14H12N6O2. The van der Waals surface area contributed by atoms with Gasteiger partial charge in [0.05, 0.1) is 0 Å². The van der Waals surface area contributed by atoms with Gasteiger partial charge in [0.25, 0.3) is 5.91 Å². The van der Waals surface area contributed by atoms with Gasteiger partial charge in [0.15, 0.2) is 5.78 Å². The van der Waals surface area contributed by atoms with Crippen molar-refractivity contribution in [3.05, 3.63) is 47.9 Å². The van der Waals surface area contributed by atoms with E-state index in [-0.39, 0.29) is 11.4 Å². The molecule has 2 aromatic rings. The molecule has 0 saturated carbocycles. The van der Waals surface area contributed by atoms with Gasteiger partial charge in [-0.2, -0.15) is 15.3 Å². The number of Topliss-reactive ketones (excluding diaryl/α,β-unsaturated/α-hetero) is 1. The minimum atomic E-state index is -0.579. The first-order valence-corrected chi connectivity index (χ1v) is 6.24. The number of hydrogen-bond acceptors (Lipinski definition) is 6. The Morgan fingerprint density at radius 1 is 1.32 bits per heavy atom. The topological polar surface area (TPSA) is 124 Å². The molecule has 0 bridgehead atoms. The van der Waals surface area contributed by atoms with E-state index in [2.05, 4.69) is 25.8 Å². The van der Waals surface area contributed by atoms with Gasteiger partial charge in [0.1, 0.15) is 18.0 Å². The number of anilines is 2. The molecular weight excluding hydrogens is 284 g/mol. The summed E-state index contributed by atoms with van der Waals surface area (Å²) in [5.41, 5.74) is 0.892. The number of hydrogen-bond donors (Lipinski definition) is 3. The quantitative estimate of drug-likeness (QED) is 0.436. The molecule has 8 heteroatoms. The number of ketones is 1. The summed E-state index contributed by atoms with van der Waals surface area (Å²) in [5, 5.41) is 20.4. The van der Waals surface area contributed by atoms with E-state index in [1.165, 1.54) is 19.5 Å². The summed E-state index contributed by atoms with van der Waals surface area (Å²) in [6.45, 7) is 1.46. The Balaban J connectivity index is 2.04. The lowest BCUT2D eigenvalue weighted by molar-refractivity contribution is -0.112. The largest absolute Gasteiger partial charge is 0.330 e. The second kappa shape index (κ2) is 6.81. The molecule has 22 heavy (non-hydrogen) atoms. The lowest BCUT2D eigenvalue weighted by Crippen LogP contribution is -2.14. The second-order valence-electron chi connectivity index (χ2n) is 4.24. The van der Waals surface area contributed by atoms with Crippen LogP contribution in [0, 0.1) is 11.3 Å². The van der Waals surface area contributed by atoms with E-state index in [4.69, 9.17) is 5.26 Å². The zero-order valence-corrected chi connectivity index (χ0v) is 11.6. The maximum Gasteiger partial charge on any atom is 0.267 e. The molecule has 0 spiro atoms. The number of aromatic nitrogens is 3. The van der Waals surface area contributed by atoms with Crippen molar-refractivity contribution in [1.29, 1.82) is 5.26 Å². The summed E-state index contributed by atoms with van der Waals surface area (Å²) in [6, 6.07) is 8.16. The summed E-state index contributed by atoms with van der Waals surface area (Å²) >= 11 is 0. The van der Waals surface area contributed by atoms with Crippen LogP contribution in [0.2, 0.25) is 0 Å². The van der Waals surface area contributed by atoms with Crippen molar-refractivity contribution in [3.8, 4) is 6.07 Å². The first-order chi connectivity index (χ1) is 10.6. The highest BCUT2D eigenvalue weighted by atomic mass is 16.1. The van der Waals surface area contributed by atoms with Crippen LogP contribution in [0.5, 0.6) is 0 Å². The Morgan fingerprint density at radius 3 is 2.59 bits per heavy atom. The molecule has 0 fully saturated rings. The minimum absolute atomic E-state index is 0.0632. The fraction of sp³-hybridized carbons (Fsp3) is 0.0714. The van der Waals surface area contributed by atoms with Crippen molar-refractivity contribution in [1.82, 2.24) is 15.2 Å². The highest BCUT2D eigenvalue weighted by molar-refractivity contribution is 6.07. The molecule has 0 radical (unpaired) electrons. The zero-order chi connectivity index (χ0) is 15.9. The average Bonchev–Trinajstić information content (AvgIpc) is 3.01. The highest BCUT2D eigenvalue weighted by Gasteiger charge is 2.10. The Morgan fingerprint density at radius 2 is 2.05 bits per heavy atom. The number of aromatic amines is 1. The standard InChI is InChI=1S/C14H12N6O2/c1-9(21)10-2-4-12(5-3-10)19-13(22)11(6-15)7-16-14-17-8-18-20-14/h2-5,7-8H,1H3,(H,19,22)(H2,16,17,18,20)/b11-7-. The molecule has 0 aliphatic heterocycles. The van der Waals surface area contributed by atoms with Gasteiger partial charge in [-0.15, -0.1) is 0 Å². The fourth-order valence-corrected chi connectivity index (χ4v) is 1.55. The second-order valence-corrected chi connectivity index (χ2v) is 4.24. The van der Waals surface area contributed by atoms with Gasteiger partial charge in [0.2, 0.25) is 5.95 Å². The maximum atomic E-state index is 12.0. The maximum absolute atomic E-state index is 12.0. The Hall–Kier alpha value is -3.47. The molecule has 0 aliphatic carbocycles. The zero-order valence-electron chi connectivity index (χ0n) is 11.6. The van der Waals surface area contributed by atoms with E-state index in [0.29, 0.717) is 17.2 Å². The molecule has 0 aliphatic rings. The Labute approximate surface area is 125 Å². The molecule has 8 nitrogen and oxygen atoms in total. The van der Waals surface area contributed by atoms with E-state index in [9.17, 15) is 9.59 Å². The number of nitrogens with zero attached hydrogens (tertiary/aromatic N) is 3. The summed E-state index contributed by atoms with van der Waals surface area (Å²) < 4.78 is 0. The number of H-pyrrole nitrogens is 1. The van der Waals surface area contributed by atoms with Gasteiger partial charge < -0.3 is 10.6 Å². The summed E-state index contributed by atoms with van der Waals surface area (Å²) in [4.78, 5) is 26.9. The molecule has 0 saturated heterocycles. The molecule has 1 amide bonds. The molecule has 1 aromatic heterocycles. The highest BCUT2D eigenvalue weighted by Crippen LogP contribution is 2.11. The van der Waals surface area contributed by atoms with Crippen LogP contribution in [0.1, 0.15) is 17.3 Å². The minimum Gasteiger partial charge on any atom is -0.330 e. The molecule has 110 valence electrons. The van der Waals surface area contributed by atoms with Crippen LogP contribution in [0.15, 0.2) is 42.4 Å². The number of amides is 1. The Bertz CT molecular complexity index is 741. The van der Waals surface area contributed by atoms with E-state index in [1.807, 2.05) is 0 Å². The molecule has 1 heterocycles. The van der Waals surface area contributed by atoms with Crippen LogP contribution in [0.3, 0.4) is 0 Å². The predicted octanol–water partition coefficient (Wildman–Crippen LogP) is 1.47. The average molecular weight is 296 g/mol. The number of carbonyl (C=O) groups is 2. The number of nitriles is 1. The number of benzene rings is 1. The van der Waals surface area contributed by atoms with Crippen LogP contribution < -0.4 is 10.6 Å². The smallest absolute Gasteiger partial charge is 0.267 e. The van der Waals surface area contributed by atoms with E-state index >= 15 is 0 Å². The molecule has 3 N–H and O–H groups in total.